The Morgan fingerprint density at radius 1 is 1.47 bits per heavy atom. The molecule has 0 radical (unpaired) electrons. The van der Waals surface area contributed by atoms with E-state index in [1.165, 1.54) is 0 Å². The normalized spacial score (nSPS) is 32.9. The number of esters is 1. The second kappa shape index (κ2) is 4.49. The van der Waals surface area contributed by atoms with Crippen molar-refractivity contribution in [1.82, 2.24) is 5.32 Å². The lowest BCUT2D eigenvalue weighted by atomic mass is 10.0. The molecule has 1 unspecified atom stereocenters. The number of nitrogens with one attached hydrogen (secondary N) is 1. The summed E-state index contributed by atoms with van der Waals surface area (Å²) in [6, 6.07) is 0. The molecule has 1 atom stereocenters. The first-order chi connectivity index (χ1) is 7.21. The minimum Gasteiger partial charge on any atom is -0.461 e. The smallest absolute Gasteiger partial charge is 0.326 e. The molecule has 0 bridgehead atoms. The Balaban J connectivity index is 1.85. The molecule has 0 saturated carbocycles. The largest absolute Gasteiger partial charge is 0.461 e. The number of carbonyl (C=O) groups is 1. The fraction of sp³-hybridized carbons (Fsp3) is 0.909. The van der Waals surface area contributed by atoms with E-state index in [9.17, 15) is 4.79 Å². The van der Waals surface area contributed by atoms with E-state index in [1.54, 1.807) is 0 Å². The van der Waals surface area contributed by atoms with E-state index in [4.69, 9.17) is 9.47 Å². The third-order valence-electron chi connectivity index (χ3n) is 3.26. The van der Waals surface area contributed by atoms with Crippen LogP contribution in [0, 0.1) is 0 Å². The van der Waals surface area contributed by atoms with E-state index >= 15 is 0 Å². The molecule has 86 valence electrons. The van der Waals surface area contributed by atoms with E-state index in [0.717, 1.165) is 32.2 Å². The molecule has 15 heavy (non-hydrogen) atoms. The molecule has 2 aliphatic heterocycles. The standard InChI is InChI=1S/C11H19NO3/c1-11(5-2-6-12-11)10(13)15-9-3-7-14-8-4-9/h9,12H,2-8H2,1H3. The zero-order valence-electron chi connectivity index (χ0n) is 9.25. The first-order valence-corrected chi connectivity index (χ1v) is 5.74. The van der Waals surface area contributed by atoms with Crippen molar-refractivity contribution in [2.45, 2.75) is 44.2 Å². The van der Waals surface area contributed by atoms with E-state index in [0.29, 0.717) is 13.2 Å². The minimum absolute atomic E-state index is 0.0606. The van der Waals surface area contributed by atoms with Gasteiger partial charge in [-0.2, -0.15) is 0 Å². The molecule has 1 N–H and O–H groups in total. The average Bonchev–Trinajstić information content (AvgIpc) is 2.68. The summed E-state index contributed by atoms with van der Waals surface area (Å²) in [4.78, 5) is 11.9. The molecule has 0 aromatic heterocycles. The molecule has 0 aromatic carbocycles. The van der Waals surface area contributed by atoms with Gasteiger partial charge in [0.1, 0.15) is 11.6 Å². The van der Waals surface area contributed by atoms with Gasteiger partial charge in [-0.25, -0.2) is 0 Å². The van der Waals surface area contributed by atoms with Gasteiger partial charge in [0.25, 0.3) is 0 Å². The monoisotopic (exact) mass is 213 g/mol. The topological polar surface area (TPSA) is 47.6 Å². The summed E-state index contributed by atoms with van der Waals surface area (Å²) in [7, 11) is 0. The Kier molecular flexibility index (Phi) is 3.26. The number of carbonyl (C=O) groups excluding carboxylic acids is 1. The molecule has 0 spiro atoms. The lowest BCUT2D eigenvalue weighted by molar-refractivity contribution is -0.160. The van der Waals surface area contributed by atoms with Gasteiger partial charge < -0.3 is 14.8 Å². The summed E-state index contributed by atoms with van der Waals surface area (Å²) in [6.45, 7) is 4.27. The van der Waals surface area contributed by atoms with Crippen LogP contribution in [0.3, 0.4) is 0 Å². The zero-order valence-corrected chi connectivity index (χ0v) is 9.25. The van der Waals surface area contributed by atoms with Gasteiger partial charge in [-0.05, 0) is 26.3 Å². The van der Waals surface area contributed by atoms with Crippen LogP contribution in [0.2, 0.25) is 0 Å². The zero-order chi connectivity index (χ0) is 10.7. The molecule has 2 saturated heterocycles. The van der Waals surface area contributed by atoms with Crippen LogP contribution in [0.25, 0.3) is 0 Å². The Labute approximate surface area is 90.3 Å². The van der Waals surface area contributed by atoms with Crippen molar-refractivity contribution in [2.24, 2.45) is 0 Å². The summed E-state index contributed by atoms with van der Waals surface area (Å²) < 4.78 is 10.7. The van der Waals surface area contributed by atoms with Crippen LogP contribution in [0.1, 0.15) is 32.6 Å². The van der Waals surface area contributed by atoms with Crippen LogP contribution >= 0.6 is 0 Å². The first-order valence-electron chi connectivity index (χ1n) is 5.74. The van der Waals surface area contributed by atoms with Gasteiger partial charge in [0, 0.05) is 12.8 Å². The van der Waals surface area contributed by atoms with Crippen LogP contribution in [-0.2, 0) is 14.3 Å². The highest BCUT2D eigenvalue weighted by Crippen LogP contribution is 2.22. The highest BCUT2D eigenvalue weighted by atomic mass is 16.6. The van der Waals surface area contributed by atoms with E-state index in [-0.39, 0.29) is 12.1 Å². The summed E-state index contributed by atoms with van der Waals surface area (Å²) in [5.41, 5.74) is -0.446. The first kappa shape index (κ1) is 10.9. The molecule has 2 aliphatic rings. The van der Waals surface area contributed by atoms with Gasteiger partial charge in [-0.3, -0.25) is 4.79 Å². The van der Waals surface area contributed by atoms with Gasteiger partial charge in [-0.15, -0.1) is 0 Å². The number of hydrogen-bond donors (Lipinski definition) is 1. The van der Waals surface area contributed by atoms with Gasteiger partial charge in [0.2, 0.25) is 0 Å². The maximum Gasteiger partial charge on any atom is 0.326 e. The molecular weight excluding hydrogens is 194 g/mol. The molecule has 4 nitrogen and oxygen atoms in total. The summed E-state index contributed by atoms with van der Waals surface area (Å²) in [6.07, 6.45) is 3.67. The maximum absolute atomic E-state index is 11.9. The third kappa shape index (κ3) is 2.49. The van der Waals surface area contributed by atoms with E-state index < -0.39 is 5.54 Å². The molecule has 4 heteroatoms. The van der Waals surface area contributed by atoms with Crippen molar-refractivity contribution >= 4 is 5.97 Å². The predicted molar refractivity (Wildman–Crippen MR) is 55.6 cm³/mol. The highest BCUT2D eigenvalue weighted by molar-refractivity contribution is 5.80. The molecule has 2 fully saturated rings. The quantitative estimate of drug-likeness (QED) is 0.691. The third-order valence-corrected chi connectivity index (χ3v) is 3.26. The molecular formula is C11H19NO3. The summed E-state index contributed by atoms with van der Waals surface area (Å²) >= 11 is 0. The predicted octanol–water partition coefficient (Wildman–Crippen LogP) is 0.851. The number of ether oxygens (including phenoxy) is 2. The molecule has 0 aromatic rings. The van der Waals surface area contributed by atoms with Crippen molar-refractivity contribution in [2.75, 3.05) is 19.8 Å². The van der Waals surface area contributed by atoms with Gasteiger partial charge in [0.05, 0.1) is 13.2 Å². The van der Waals surface area contributed by atoms with Gasteiger partial charge >= 0.3 is 5.97 Å². The fourth-order valence-electron chi connectivity index (χ4n) is 2.14. The Bertz CT molecular complexity index is 230. The Hall–Kier alpha value is -0.610. The van der Waals surface area contributed by atoms with E-state index in [1.807, 2.05) is 6.92 Å². The molecule has 2 heterocycles. The molecule has 2 rings (SSSR count). The van der Waals surface area contributed by atoms with Crippen LogP contribution in [0.5, 0.6) is 0 Å². The van der Waals surface area contributed by atoms with Crippen molar-refractivity contribution in [3.8, 4) is 0 Å². The van der Waals surface area contributed by atoms with Crippen molar-refractivity contribution in [3.63, 3.8) is 0 Å². The van der Waals surface area contributed by atoms with Crippen molar-refractivity contribution in [1.29, 1.82) is 0 Å². The van der Waals surface area contributed by atoms with Crippen LogP contribution in [0.15, 0.2) is 0 Å². The summed E-state index contributed by atoms with van der Waals surface area (Å²) in [5.74, 6) is -0.0908. The molecule has 0 amide bonds. The SMILES string of the molecule is CC1(C(=O)OC2CCOCC2)CCCN1. The Morgan fingerprint density at radius 3 is 2.80 bits per heavy atom. The lowest BCUT2D eigenvalue weighted by Gasteiger charge is -2.28. The van der Waals surface area contributed by atoms with Crippen LogP contribution in [-0.4, -0.2) is 37.4 Å². The van der Waals surface area contributed by atoms with Gasteiger partial charge in [0.15, 0.2) is 0 Å². The van der Waals surface area contributed by atoms with Crippen LogP contribution < -0.4 is 5.32 Å². The number of hydrogen-bond acceptors (Lipinski definition) is 4. The van der Waals surface area contributed by atoms with E-state index in [2.05, 4.69) is 5.32 Å². The average molecular weight is 213 g/mol. The van der Waals surface area contributed by atoms with Crippen molar-refractivity contribution in [3.05, 3.63) is 0 Å². The fourth-order valence-corrected chi connectivity index (χ4v) is 2.14. The van der Waals surface area contributed by atoms with Crippen LogP contribution in [0.4, 0.5) is 0 Å². The molecule has 0 aliphatic carbocycles. The van der Waals surface area contributed by atoms with Crippen molar-refractivity contribution < 1.29 is 14.3 Å². The number of rotatable bonds is 2. The second-order valence-corrected chi connectivity index (χ2v) is 4.58. The van der Waals surface area contributed by atoms with Gasteiger partial charge in [-0.1, -0.05) is 0 Å². The second-order valence-electron chi connectivity index (χ2n) is 4.58. The highest BCUT2D eigenvalue weighted by Gasteiger charge is 2.38. The Morgan fingerprint density at radius 2 is 2.20 bits per heavy atom. The summed E-state index contributed by atoms with van der Waals surface area (Å²) in [5, 5.41) is 3.22. The lowest BCUT2D eigenvalue weighted by Crippen LogP contribution is -2.47. The minimum atomic E-state index is -0.446. The maximum atomic E-state index is 11.9.